The molecule has 208 valence electrons. The molecule has 0 saturated carbocycles. The van der Waals surface area contributed by atoms with Gasteiger partial charge < -0.3 is 15.3 Å². The summed E-state index contributed by atoms with van der Waals surface area (Å²) in [7, 11) is 0. The van der Waals surface area contributed by atoms with E-state index in [4.69, 9.17) is 10.1 Å². The van der Waals surface area contributed by atoms with Crippen LogP contribution in [0.4, 0.5) is 5.13 Å². The standard InChI is InChI=1S/C34H33N3O3S/c38-30(39)20-22-35-33(40)29-18-16-26(17-19-29)24-37(23-21-25-10-4-1-5-11-25)34-36-31(27-12-6-2-7-13-27)32(41-34)28-14-8-3-9-15-28/h1-14,16-19,28H,15,20-24H2,(H,35,40)(H,38,39). The molecule has 1 atom stereocenters. The second kappa shape index (κ2) is 13.7. The number of carboxylic acid groups (broad SMARTS) is 1. The maximum atomic E-state index is 12.4. The number of amides is 1. The molecular formula is C34H33N3O3S. The van der Waals surface area contributed by atoms with Gasteiger partial charge >= 0.3 is 5.97 Å². The van der Waals surface area contributed by atoms with Crippen molar-refractivity contribution < 1.29 is 14.7 Å². The third-order valence-electron chi connectivity index (χ3n) is 7.00. The number of anilines is 1. The Balaban J connectivity index is 1.41. The molecule has 0 radical (unpaired) electrons. The van der Waals surface area contributed by atoms with Crippen LogP contribution in [0.3, 0.4) is 0 Å². The fourth-order valence-electron chi connectivity index (χ4n) is 4.80. The van der Waals surface area contributed by atoms with Crippen LogP contribution in [0.25, 0.3) is 11.3 Å². The molecule has 7 heteroatoms. The molecule has 0 fully saturated rings. The van der Waals surface area contributed by atoms with Crippen molar-refractivity contribution in [2.24, 2.45) is 0 Å². The zero-order valence-corrected chi connectivity index (χ0v) is 23.6. The Labute approximate surface area is 244 Å². The van der Waals surface area contributed by atoms with Crippen LogP contribution in [0, 0.1) is 0 Å². The molecule has 1 amide bonds. The fraction of sp³-hybridized carbons (Fsp3) is 0.206. The summed E-state index contributed by atoms with van der Waals surface area (Å²) in [5.41, 5.74) is 5.00. The van der Waals surface area contributed by atoms with Crippen LogP contribution < -0.4 is 10.2 Å². The number of aliphatic carboxylic acids is 1. The first-order valence-corrected chi connectivity index (χ1v) is 14.7. The van der Waals surface area contributed by atoms with E-state index >= 15 is 0 Å². The van der Waals surface area contributed by atoms with Crippen molar-refractivity contribution >= 4 is 28.3 Å². The zero-order valence-electron chi connectivity index (χ0n) is 22.8. The van der Waals surface area contributed by atoms with Gasteiger partial charge in [-0.1, -0.05) is 97.1 Å². The maximum Gasteiger partial charge on any atom is 0.305 e. The molecule has 5 rings (SSSR count). The molecule has 0 aliphatic heterocycles. The summed E-state index contributed by atoms with van der Waals surface area (Å²) in [6.45, 7) is 1.55. The van der Waals surface area contributed by atoms with Crippen molar-refractivity contribution in [3.63, 3.8) is 0 Å². The molecule has 3 aromatic carbocycles. The van der Waals surface area contributed by atoms with Crippen LogP contribution in [0.1, 0.15) is 45.1 Å². The molecule has 0 saturated heterocycles. The first-order chi connectivity index (χ1) is 20.1. The molecule has 4 aromatic rings. The molecule has 1 heterocycles. The smallest absolute Gasteiger partial charge is 0.305 e. The highest BCUT2D eigenvalue weighted by Gasteiger charge is 2.23. The molecule has 1 aliphatic carbocycles. The Morgan fingerprint density at radius 3 is 2.34 bits per heavy atom. The van der Waals surface area contributed by atoms with Crippen molar-refractivity contribution in [1.82, 2.24) is 10.3 Å². The van der Waals surface area contributed by atoms with Gasteiger partial charge in [0.1, 0.15) is 0 Å². The van der Waals surface area contributed by atoms with Crippen LogP contribution in [0.15, 0.2) is 109 Å². The molecule has 41 heavy (non-hydrogen) atoms. The number of hydrogen-bond donors (Lipinski definition) is 2. The summed E-state index contributed by atoms with van der Waals surface area (Å²) < 4.78 is 0. The lowest BCUT2D eigenvalue weighted by Gasteiger charge is -2.22. The molecule has 1 aliphatic rings. The zero-order chi connectivity index (χ0) is 28.4. The van der Waals surface area contributed by atoms with Gasteiger partial charge in [0.15, 0.2) is 5.13 Å². The molecule has 2 N–H and O–H groups in total. The van der Waals surface area contributed by atoms with E-state index in [0.29, 0.717) is 12.1 Å². The average molecular weight is 564 g/mol. The van der Waals surface area contributed by atoms with Crippen molar-refractivity contribution in [3.8, 4) is 11.3 Å². The molecule has 0 bridgehead atoms. The van der Waals surface area contributed by atoms with Gasteiger partial charge in [-0.25, -0.2) is 4.98 Å². The van der Waals surface area contributed by atoms with Gasteiger partial charge in [-0.15, -0.1) is 11.3 Å². The second-order valence-electron chi connectivity index (χ2n) is 9.98. The maximum absolute atomic E-state index is 12.4. The number of aromatic nitrogens is 1. The topological polar surface area (TPSA) is 82.5 Å². The molecule has 1 unspecified atom stereocenters. The minimum atomic E-state index is -0.937. The minimum Gasteiger partial charge on any atom is -0.481 e. The normalized spacial score (nSPS) is 14.1. The molecule has 0 spiro atoms. The van der Waals surface area contributed by atoms with Crippen molar-refractivity contribution in [2.75, 3.05) is 18.0 Å². The van der Waals surface area contributed by atoms with Crippen LogP contribution in [-0.2, 0) is 17.8 Å². The van der Waals surface area contributed by atoms with Gasteiger partial charge in [-0.2, -0.15) is 0 Å². The first kappa shape index (κ1) is 28.1. The summed E-state index contributed by atoms with van der Waals surface area (Å²) in [6.07, 6.45) is 10.4. The summed E-state index contributed by atoms with van der Waals surface area (Å²) in [4.78, 5) is 32.0. The summed E-state index contributed by atoms with van der Waals surface area (Å²) in [6, 6.07) is 28.4. The number of nitrogens with zero attached hydrogens (tertiary/aromatic N) is 2. The van der Waals surface area contributed by atoms with Crippen LogP contribution in [-0.4, -0.2) is 35.1 Å². The number of nitrogens with one attached hydrogen (secondary N) is 1. The quantitative estimate of drug-likeness (QED) is 0.197. The van der Waals surface area contributed by atoms with Gasteiger partial charge in [0, 0.05) is 41.6 Å². The Bertz CT molecular complexity index is 1510. The lowest BCUT2D eigenvalue weighted by Crippen LogP contribution is -2.26. The van der Waals surface area contributed by atoms with E-state index in [0.717, 1.165) is 41.3 Å². The second-order valence-corrected chi connectivity index (χ2v) is 11.0. The van der Waals surface area contributed by atoms with Gasteiger partial charge in [-0.3, -0.25) is 9.59 Å². The van der Waals surface area contributed by atoms with E-state index in [9.17, 15) is 9.59 Å². The largest absolute Gasteiger partial charge is 0.481 e. The Hall–Kier alpha value is -4.49. The van der Waals surface area contributed by atoms with Crippen molar-refractivity contribution in [1.29, 1.82) is 0 Å². The van der Waals surface area contributed by atoms with Gasteiger partial charge in [0.25, 0.3) is 5.91 Å². The van der Waals surface area contributed by atoms with Gasteiger partial charge in [-0.05, 0) is 36.1 Å². The van der Waals surface area contributed by atoms with Gasteiger partial charge in [0.2, 0.25) is 0 Å². The number of thiazole rings is 1. The lowest BCUT2D eigenvalue weighted by molar-refractivity contribution is -0.136. The SMILES string of the molecule is O=C(O)CCNC(=O)c1ccc(CN(CCc2ccccc2)c2nc(-c3ccccc3)c(C3C=CC=CC3)s2)cc1. The Kier molecular flexibility index (Phi) is 9.39. The van der Waals surface area contributed by atoms with E-state index in [1.165, 1.54) is 10.4 Å². The van der Waals surface area contributed by atoms with E-state index < -0.39 is 5.97 Å². The minimum absolute atomic E-state index is 0.102. The lowest BCUT2D eigenvalue weighted by atomic mass is 9.96. The third kappa shape index (κ3) is 7.58. The predicted molar refractivity (Wildman–Crippen MR) is 165 cm³/mol. The third-order valence-corrected chi connectivity index (χ3v) is 8.25. The van der Waals surface area contributed by atoms with E-state index in [2.05, 4.69) is 83.1 Å². The summed E-state index contributed by atoms with van der Waals surface area (Å²) in [5.74, 6) is -0.922. The number of rotatable bonds is 12. The monoisotopic (exact) mass is 563 g/mol. The number of allylic oxidation sites excluding steroid dienone is 4. The Morgan fingerprint density at radius 2 is 1.66 bits per heavy atom. The molecule has 1 aromatic heterocycles. The van der Waals surface area contributed by atoms with E-state index in [1.807, 2.05) is 24.3 Å². The number of hydrogen-bond acceptors (Lipinski definition) is 5. The number of carboxylic acids is 1. The number of carbonyl (C=O) groups excluding carboxylic acids is 1. The van der Waals surface area contributed by atoms with E-state index in [1.54, 1.807) is 23.5 Å². The van der Waals surface area contributed by atoms with Crippen molar-refractivity contribution in [3.05, 3.63) is 131 Å². The highest BCUT2D eigenvalue weighted by Crippen LogP contribution is 2.41. The summed E-state index contributed by atoms with van der Waals surface area (Å²) >= 11 is 1.76. The van der Waals surface area contributed by atoms with Crippen LogP contribution in [0.5, 0.6) is 0 Å². The Morgan fingerprint density at radius 1 is 0.927 bits per heavy atom. The van der Waals surface area contributed by atoms with E-state index in [-0.39, 0.29) is 24.8 Å². The first-order valence-electron chi connectivity index (χ1n) is 13.8. The fourth-order valence-corrected chi connectivity index (χ4v) is 6.01. The predicted octanol–water partition coefficient (Wildman–Crippen LogP) is 6.86. The number of carbonyl (C=O) groups is 2. The number of benzene rings is 3. The highest BCUT2D eigenvalue weighted by molar-refractivity contribution is 7.16. The molecule has 6 nitrogen and oxygen atoms in total. The van der Waals surface area contributed by atoms with Crippen molar-refractivity contribution in [2.45, 2.75) is 31.7 Å². The highest BCUT2D eigenvalue weighted by atomic mass is 32.1. The van der Waals surface area contributed by atoms with Crippen LogP contribution in [0.2, 0.25) is 0 Å². The molecular weight excluding hydrogens is 530 g/mol. The summed E-state index contributed by atoms with van der Waals surface area (Å²) in [5, 5.41) is 12.5. The van der Waals surface area contributed by atoms with Crippen LogP contribution >= 0.6 is 11.3 Å². The van der Waals surface area contributed by atoms with Gasteiger partial charge in [0.05, 0.1) is 12.1 Å². The average Bonchev–Trinajstić information content (AvgIpc) is 3.46.